The Morgan fingerprint density at radius 3 is 2.19 bits per heavy atom. The number of carbonyl (C=O) groups excluding carboxylic acids is 1. The molecule has 7 heteroatoms. The van der Waals surface area contributed by atoms with E-state index in [1.165, 1.54) is 11.7 Å². The Balaban J connectivity index is 2.12. The van der Waals surface area contributed by atoms with Crippen LogP contribution < -0.4 is 15.0 Å². The molecule has 0 radical (unpaired) electrons. The van der Waals surface area contributed by atoms with Crippen LogP contribution in [0.15, 0.2) is 65.6 Å². The maximum atomic E-state index is 13.8. The van der Waals surface area contributed by atoms with Gasteiger partial charge in [-0.3, -0.25) is 14.3 Å². The molecule has 0 aliphatic carbocycles. The first-order chi connectivity index (χ1) is 15.5. The Morgan fingerprint density at radius 1 is 0.938 bits per heavy atom. The average molecular weight is 430 g/mol. The van der Waals surface area contributed by atoms with Gasteiger partial charge in [0.2, 0.25) is 0 Å². The number of benzene rings is 2. The van der Waals surface area contributed by atoms with E-state index >= 15 is 0 Å². The van der Waals surface area contributed by atoms with Crippen LogP contribution in [0.3, 0.4) is 0 Å². The molecule has 0 saturated heterocycles. The van der Waals surface area contributed by atoms with Gasteiger partial charge in [-0.05, 0) is 18.6 Å². The molecule has 0 fully saturated rings. The first-order valence-corrected chi connectivity index (χ1v) is 9.91. The van der Waals surface area contributed by atoms with E-state index in [2.05, 4.69) is 4.98 Å². The fourth-order valence-corrected chi connectivity index (χ4v) is 3.78. The summed E-state index contributed by atoms with van der Waals surface area (Å²) in [4.78, 5) is 31.0. The lowest BCUT2D eigenvalue weighted by Gasteiger charge is -2.16. The lowest BCUT2D eigenvalue weighted by molar-refractivity contribution is 0.0600. The number of esters is 1. The quantitative estimate of drug-likeness (QED) is 0.442. The predicted octanol–water partition coefficient (Wildman–Crippen LogP) is 4.16. The van der Waals surface area contributed by atoms with Gasteiger partial charge in [0.15, 0.2) is 0 Å². The average Bonchev–Trinajstić information content (AvgIpc) is 2.83. The highest BCUT2D eigenvalue weighted by molar-refractivity contribution is 6.07. The third kappa shape index (κ3) is 3.58. The summed E-state index contributed by atoms with van der Waals surface area (Å²) >= 11 is 0. The zero-order valence-electron chi connectivity index (χ0n) is 18.2. The number of aryl methyl sites for hydroxylation is 1. The van der Waals surface area contributed by atoms with Gasteiger partial charge in [-0.2, -0.15) is 0 Å². The predicted molar refractivity (Wildman–Crippen MR) is 122 cm³/mol. The number of fused-ring (bicyclic) bond motifs is 1. The van der Waals surface area contributed by atoms with Crippen molar-refractivity contribution in [3.8, 4) is 28.3 Å². The molecule has 0 atom stereocenters. The van der Waals surface area contributed by atoms with Crippen LogP contribution in [-0.2, 0) is 4.74 Å². The SMILES string of the molecule is COC(=O)c1c(C)nc2ccn(-c3cc(OC)cc(OC)c3)c(=O)c2c1-c1ccccc1. The zero-order chi connectivity index (χ0) is 22.8. The van der Waals surface area contributed by atoms with Gasteiger partial charge in [0, 0.05) is 30.0 Å². The van der Waals surface area contributed by atoms with Crippen molar-refractivity contribution in [1.29, 1.82) is 0 Å². The number of methoxy groups -OCH3 is 3. The smallest absolute Gasteiger partial charge is 0.340 e. The highest BCUT2D eigenvalue weighted by Gasteiger charge is 2.23. The van der Waals surface area contributed by atoms with E-state index in [1.54, 1.807) is 51.6 Å². The standard InChI is InChI=1S/C25H22N2O5/c1-15-21(25(29)32-4)22(16-8-6-5-7-9-16)23-20(26-15)10-11-27(24(23)28)17-12-18(30-2)14-19(13-17)31-3/h5-14H,1-4H3. The summed E-state index contributed by atoms with van der Waals surface area (Å²) in [7, 11) is 4.40. The number of pyridine rings is 2. The van der Waals surface area contributed by atoms with Crippen LogP contribution in [-0.4, -0.2) is 36.8 Å². The molecule has 162 valence electrons. The lowest BCUT2D eigenvalue weighted by Crippen LogP contribution is -2.21. The fraction of sp³-hybridized carbons (Fsp3) is 0.160. The number of hydrogen-bond donors (Lipinski definition) is 0. The summed E-state index contributed by atoms with van der Waals surface area (Å²) in [6.07, 6.45) is 1.65. The maximum Gasteiger partial charge on any atom is 0.340 e. The molecule has 0 spiro atoms. The Morgan fingerprint density at radius 2 is 1.59 bits per heavy atom. The van der Waals surface area contributed by atoms with Crippen LogP contribution >= 0.6 is 0 Å². The van der Waals surface area contributed by atoms with Crippen molar-refractivity contribution in [1.82, 2.24) is 9.55 Å². The van der Waals surface area contributed by atoms with E-state index < -0.39 is 5.97 Å². The van der Waals surface area contributed by atoms with Crippen LogP contribution in [0.4, 0.5) is 0 Å². The topological polar surface area (TPSA) is 79.7 Å². The molecule has 0 aliphatic heterocycles. The van der Waals surface area contributed by atoms with Gasteiger partial charge in [-0.15, -0.1) is 0 Å². The number of nitrogens with zero attached hydrogens (tertiary/aromatic N) is 2. The molecule has 2 aromatic carbocycles. The lowest BCUT2D eigenvalue weighted by atomic mass is 9.95. The second kappa shape index (κ2) is 8.55. The van der Waals surface area contributed by atoms with Gasteiger partial charge >= 0.3 is 5.97 Å². The molecule has 0 aliphatic rings. The molecular formula is C25H22N2O5. The van der Waals surface area contributed by atoms with Gasteiger partial charge in [-0.1, -0.05) is 30.3 Å². The normalized spacial score (nSPS) is 10.8. The fourth-order valence-electron chi connectivity index (χ4n) is 3.78. The molecule has 0 unspecified atom stereocenters. The molecule has 2 aromatic heterocycles. The first-order valence-electron chi connectivity index (χ1n) is 9.91. The molecule has 32 heavy (non-hydrogen) atoms. The minimum Gasteiger partial charge on any atom is -0.497 e. The molecule has 7 nitrogen and oxygen atoms in total. The number of ether oxygens (including phenoxy) is 3. The van der Waals surface area contributed by atoms with E-state index in [9.17, 15) is 9.59 Å². The van der Waals surface area contributed by atoms with E-state index in [1.807, 2.05) is 30.3 Å². The second-order valence-corrected chi connectivity index (χ2v) is 7.13. The third-order valence-corrected chi connectivity index (χ3v) is 5.29. The van der Waals surface area contributed by atoms with Gasteiger partial charge in [0.05, 0.1) is 49.2 Å². The third-order valence-electron chi connectivity index (χ3n) is 5.29. The van der Waals surface area contributed by atoms with Crippen LogP contribution in [0, 0.1) is 6.92 Å². The highest BCUT2D eigenvalue weighted by atomic mass is 16.5. The summed E-state index contributed by atoms with van der Waals surface area (Å²) in [5.74, 6) is 0.549. The van der Waals surface area contributed by atoms with Crippen LogP contribution in [0.1, 0.15) is 16.1 Å². The molecule has 0 saturated carbocycles. The van der Waals surface area contributed by atoms with Crippen LogP contribution in [0.25, 0.3) is 27.7 Å². The summed E-state index contributed by atoms with van der Waals surface area (Å²) in [5.41, 5.74) is 2.70. The first kappa shape index (κ1) is 21.1. The Hall–Kier alpha value is -4.13. The number of aromatic nitrogens is 2. The molecule has 4 rings (SSSR count). The van der Waals surface area contributed by atoms with Gasteiger partial charge in [0.1, 0.15) is 11.5 Å². The van der Waals surface area contributed by atoms with Crippen molar-refractivity contribution in [3.05, 3.63) is 82.4 Å². The van der Waals surface area contributed by atoms with Crippen LogP contribution in [0.2, 0.25) is 0 Å². The molecule has 0 amide bonds. The maximum absolute atomic E-state index is 13.8. The van der Waals surface area contributed by atoms with E-state index in [0.717, 1.165) is 5.56 Å². The monoisotopic (exact) mass is 430 g/mol. The number of carbonyl (C=O) groups is 1. The molecule has 2 heterocycles. The van der Waals surface area contributed by atoms with Gasteiger partial charge in [0.25, 0.3) is 5.56 Å². The minimum absolute atomic E-state index is 0.268. The summed E-state index contributed by atoms with van der Waals surface area (Å²) in [5, 5.41) is 0.325. The molecule has 0 N–H and O–H groups in total. The van der Waals surface area contributed by atoms with Crippen molar-refractivity contribution >= 4 is 16.9 Å². The number of hydrogen-bond acceptors (Lipinski definition) is 6. The summed E-state index contributed by atoms with van der Waals surface area (Å²) < 4.78 is 17.2. The van der Waals surface area contributed by atoms with E-state index in [-0.39, 0.29) is 11.1 Å². The van der Waals surface area contributed by atoms with Crippen molar-refractivity contribution in [3.63, 3.8) is 0 Å². The van der Waals surface area contributed by atoms with Crippen molar-refractivity contribution in [2.24, 2.45) is 0 Å². The molecule has 0 bridgehead atoms. The van der Waals surface area contributed by atoms with Crippen LogP contribution in [0.5, 0.6) is 11.5 Å². The second-order valence-electron chi connectivity index (χ2n) is 7.13. The number of rotatable bonds is 5. The Bertz CT molecular complexity index is 1350. The van der Waals surface area contributed by atoms with E-state index in [0.29, 0.717) is 39.3 Å². The highest BCUT2D eigenvalue weighted by Crippen LogP contribution is 2.32. The summed E-state index contributed by atoms with van der Waals surface area (Å²) in [6, 6.07) is 16.2. The van der Waals surface area contributed by atoms with Crippen molar-refractivity contribution in [2.45, 2.75) is 6.92 Å². The minimum atomic E-state index is -0.548. The molecular weight excluding hydrogens is 408 g/mol. The van der Waals surface area contributed by atoms with Gasteiger partial charge in [-0.25, -0.2) is 4.79 Å². The van der Waals surface area contributed by atoms with E-state index in [4.69, 9.17) is 14.2 Å². The summed E-state index contributed by atoms with van der Waals surface area (Å²) in [6.45, 7) is 1.73. The Labute approximate surface area is 184 Å². The van der Waals surface area contributed by atoms with Crippen molar-refractivity contribution < 1.29 is 19.0 Å². The van der Waals surface area contributed by atoms with Crippen molar-refractivity contribution in [2.75, 3.05) is 21.3 Å². The largest absolute Gasteiger partial charge is 0.497 e. The zero-order valence-corrected chi connectivity index (χ0v) is 18.2. The van der Waals surface area contributed by atoms with Gasteiger partial charge < -0.3 is 14.2 Å². The Kier molecular flexibility index (Phi) is 5.64. The molecule has 4 aromatic rings.